The quantitative estimate of drug-likeness (QED) is 0.315. The number of thiophene rings is 1. The summed E-state index contributed by atoms with van der Waals surface area (Å²) in [6, 6.07) is 11.8. The van der Waals surface area contributed by atoms with Crippen LogP contribution in [0.3, 0.4) is 0 Å². The third kappa shape index (κ3) is 6.03. The van der Waals surface area contributed by atoms with Crippen molar-refractivity contribution in [3.05, 3.63) is 68.5 Å². The summed E-state index contributed by atoms with van der Waals surface area (Å²) in [6.45, 7) is 10.0. The third-order valence-electron chi connectivity index (χ3n) is 5.15. The van der Waals surface area contributed by atoms with Crippen molar-refractivity contribution in [3.8, 4) is 16.9 Å². The first kappa shape index (κ1) is 25.0. The smallest absolute Gasteiger partial charge is 0.341 e. The molecule has 5 nitrogen and oxygen atoms in total. The van der Waals surface area contributed by atoms with Crippen molar-refractivity contribution >= 4 is 44.1 Å². The Balaban J connectivity index is 1.84. The molecule has 2 aromatic carbocycles. The van der Waals surface area contributed by atoms with E-state index in [1.54, 1.807) is 6.92 Å². The lowest BCUT2D eigenvalue weighted by Gasteiger charge is -2.14. The van der Waals surface area contributed by atoms with Gasteiger partial charge >= 0.3 is 5.97 Å². The summed E-state index contributed by atoms with van der Waals surface area (Å²) in [5.74, 6) is 0.108. The molecule has 3 aromatic rings. The molecule has 0 unspecified atom stereocenters. The number of carbonyl (C=O) groups excluding carboxylic acids is 2. The Bertz CT molecular complexity index is 1170. The first-order valence-electron chi connectivity index (χ1n) is 10.8. The zero-order valence-electron chi connectivity index (χ0n) is 19.5. The van der Waals surface area contributed by atoms with Crippen LogP contribution < -0.4 is 10.1 Å². The predicted octanol–water partition coefficient (Wildman–Crippen LogP) is 7.11. The minimum Gasteiger partial charge on any atom is -0.483 e. The van der Waals surface area contributed by atoms with E-state index in [1.807, 2.05) is 49.6 Å². The number of hydrogen-bond acceptors (Lipinski definition) is 5. The molecule has 7 heteroatoms. The third-order valence-corrected chi connectivity index (χ3v) is 6.54. The molecule has 0 spiro atoms. The molecule has 0 aliphatic rings. The highest BCUT2D eigenvalue weighted by molar-refractivity contribution is 9.10. The minimum atomic E-state index is -0.458. The molecule has 1 aromatic heterocycles. The zero-order chi connectivity index (χ0) is 24.1. The SMILES string of the molecule is CCOC(=O)c1c(-c2ccc(C)cc2C)csc1NC(=O)COc1ccc(Br)cc1C(C)C. The van der Waals surface area contributed by atoms with E-state index in [-0.39, 0.29) is 25.0 Å². The molecule has 33 heavy (non-hydrogen) atoms. The number of ether oxygens (including phenoxy) is 2. The van der Waals surface area contributed by atoms with E-state index in [4.69, 9.17) is 9.47 Å². The van der Waals surface area contributed by atoms with Crippen molar-refractivity contribution < 1.29 is 19.1 Å². The van der Waals surface area contributed by atoms with Crippen LogP contribution in [0.15, 0.2) is 46.3 Å². The Morgan fingerprint density at radius 2 is 1.85 bits per heavy atom. The van der Waals surface area contributed by atoms with E-state index in [0.717, 1.165) is 32.3 Å². The lowest BCUT2D eigenvalue weighted by atomic mass is 9.97. The summed E-state index contributed by atoms with van der Waals surface area (Å²) in [5.41, 5.74) is 5.26. The van der Waals surface area contributed by atoms with Gasteiger partial charge in [-0.05, 0) is 61.6 Å². The molecule has 0 aliphatic heterocycles. The summed E-state index contributed by atoms with van der Waals surface area (Å²) in [5, 5.41) is 5.18. The van der Waals surface area contributed by atoms with Crippen LogP contribution in [0.4, 0.5) is 5.00 Å². The van der Waals surface area contributed by atoms with Crippen molar-refractivity contribution in [3.63, 3.8) is 0 Å². The summed E-state index contributed by atoms with van der Waals surface area (Å²) in [4.78, 5) is 25.5. The minimum absolute atomic E-state index is 0.166. The molecule has 0 atom stereocenters. The lowest BCUT2D eigenvalue weighted by Crippen LogP contribution is -2.21. The van der Waals surface area contributed by atoms with Gasteiger partial charge in [0.05, 0.1) is 6.61 Å². The summed E-state index contributed by atoms with van der Waals surface area (Å²) >= 11 is 4.78. The molecule has 1 amide bonds. The van der Waals surface area contributed by atoms with Crippen molar-refractivity contribution in [2.24, 2.45) is 0 Å². The first-order chi connectivity index (χ1) is 15.7. The largest absolute Gasteiger partial charge is 0.483 e. The molecule has 0 bridgehead atoms. The Morgan fingerprint density at radius 1 is 1.09 bits per heavy atom. The monoisotopic (exact) mass is 529 g/mol. The Labute approximate surface area is 207 Å². The van der Waals surface area contributed by atoms with Gasteiger partial charge in [0.2, 0.25) is 0 Å². The van der Waals surface area contributed by atoms with E-state index in [0.29, 0.717) is 16.3 Å². The normalized spacial score (nSPS) is 10.9. The summed E-state index contributed by atoms with van der Waals surface area (Å²) < 4.78 is 12.1. The van der Waals surface area contributed by atoms with Crippen LogP contribution in [0.2, 0.25) is 0 Å². The molecular weight excluding hydrogens is 502 g/mol. The van der Waals surface area contributed by atoms with Crippen molar-refractivity contribution in [2.45, 2.75) is 40.5 Å². The molecule has 1 heterocycles. The Morgan fingerprint density at radius 3 is 2.52 bits per heavy atom. The van der Waals surface area contributed by atoms with Gasteiger partial charge in [-0.2, -0.15) is 0 Å². The highest BCUT2D eigenvalue weighted by Crippen LogP contribution is 2.38. The fourth-order valence-electron chi connectivity index (χ4n) is 3.58. The van der Waals surface area contributed by atoms with Gasteiger partial charge in [-0.1, -0.05) is 53.5 Å². The number of nitrogens with one attached hydrogen (secondary N) is 1. The van der Waals surface area contributed by atoms with E-state index in [9.17, 15) is 9.59 Å². The number of hydrogen-bond donors (Lipinski definition) is 1. The number of rotatable bonds is 8. The van der Waals surface area contributed by atoms with Crippen LogP contribution in [0, 0.1) is 13.8 Å². The van der Waals surface area contributed by atoms with Crippen molar-refractivity contribution in [1.29, 1.82) is 0 Å². The van der Waals surface area contributed by atoms with Gasteiger partial charge in [0.15, 0.2) is 6.61 Å². The van der Waals surface area contributed by atoms with Crippen LogP contribution >= 0.6 is 27.3 Å². The standard InChI is InChI=1S/C26H28BrNO4S/c1-6-31-26(30)24-21(19-9-7-16(4)11-17(19)5)14-33-25(24)28-23(29)13-32-22-10-8-18(27)12-20(22)15(2)3/h7-12,14-15H,6,13H2,1-5H3,(H,28,29). The maximum atomic E-state index is 12.8. The number of amides is 1. The van der Waals surface area contributed by atoms with Crippen molar-refractivity contribution in [1.82, 2.24) is 0 Å². The molecule has 0 aliphatic carbocycles. The maximum absolute atomic E-state index is 12.8. The van der Waals surface area contributed by atoms with Crippen LogP contribution in [0.1, 0.15) is 53.7 Å². The number of esters is 1. The summed E-state index contributed by atoms with van der Waals surface area (Å²) in [6.07, 6.45) is 0. The molecule has 0 saturated heterocycles. The maximum Gasteiger partial charge on any atom is 0.341 e. The van der Waals surface area contributed by atoms with E-state index in [2.05, 4.69) is 41.2 Å². The van der Waals surface area contributed by atoms with Crippen LogP contribution in [-0.2, 0) is 9.53 Å². The second kappa shape index (κ2) is 11.0. The summed E-state index contributed by atoms with van der Waals surface area (Å²) in [7, 11) is 0. The predicted molar refractivity (Wildman–Crippen MR) is 138 cm³/mol. The molecule has 0 radical (unpaired) electrons. The van der Waals surface area contributed by atoms with Gasteiger partial charge in [0.25, 0.3) is 5.91 Å². The van der Waals surface area contributed by atoms with Crippen LogP contribution in [0.25, 0.3) is 11.1 Å². The second-order valence-corrected chi connectivity index (χ2v) is 9.86. The van der Waals surface area contributed by atoms with Crippen LogP contribution in [-0.4, -0.2) is 25.1 Å². The van der Waals surface area contributed by atoms with Gasteiger partial charge in [-0.25, -0.2) is 4.79 Å². The average molecular weight is 530 g/mol. The topological polar surface area (TPSA) is 64.6 Å². The van der Waals surface area contributed by atoms with Gasteiger partial charge in [-0.3, -0.25) is 4.79 Å². The molecule has 174 valence electrons. The molecule has 1 N–H and O–H groups in total. The van der Waals surface area contributed by atoms with E-state index < -0.39 is 5.97 Å². The van der Waals surface area contributed by atoms with Gasteiger partial charge in [-0.15, -0.1) is 11.3 Å². The van der Waals surface area contributed by atoms with E-state index >= 15 is 0 Å². The first-order valence-corrected chi connectivity index (χ1v) is 12.5. The number of halogens is 1. The zero-order valence-corrected chi connectivity index (χ0v) is 21.9. The number of anilines is 1. The molecule has 0 saturated carbocycles. The molecular formula is C26H28BrNO4S. The van der Waals surface area contributed by atoms with Crippen LogP contribution in [0.5, 0.6) is 5.75 Å². The fourth-order valence-corrected chi connectivity index (χ4v) is 4.92. The van der Waals surface area contributed by atoms with E-state index in [1.165, 1.54) is 11.3 Å². The number of aryl methyl sites for hydroxylation is 2. The van der Waals surface area contributed by atoms with Gasteiger partial charge < -0.3 is 14.8 Å². The second-order valence-electron chi connectivity index (χ2n) is 8.07. The average Bonchev–Trinajstić information content (AvgIpc) is 3.16. The Hall–Kier alpha value is -2.64. The molecule has 0 fully saturated rings. The lowest BCUT2D eigenvalue weighted by molar-refractivity contribution is -0.118. The Kier molecular flexibility index (Phi) is 8.32. The fraction of sp³-hybridized carbons (Fsp3) is 0.308. The highest BCUT2D eigenvalue weighted by atomic mass is 79.9. The highest BCUT2D eigenvalue weighted by Gasteiger charge is 2.24. The van der Waals surface area contributed by atoms with Gasteiger partial charge in [0, 0.05) is 15.4 Å². The number of carbonyl (C=O) groups is 2. The molecule has 3 rings (SSSR count). The van der Waals surface area contributed by atoms with Gasteiger partial charge in [0.1, 0.15) is 16.3 Å². The van der Waals surface area contributed by atoms with Crippen molar-refractivity contribution in [2.75, 3.05) is 18.5 Å². The number of benzene rings is 2.